The van der Waals surface area contributed by atoms with Crippen molar-refractivity contribution in [1.82, 2.24) is 19.9 Å². The van der Waals surface area contributed by atoms with Gasteiger partial charge in [-0.05, 0) is 81.2 Å². The second-order valence-corrected chi connectivity index (χ2v) is 17.2. The third kappa shape index (κ3) is 7.62. The number of allylic oxidation sites excluding steroid dienone is 1. The van der Waals surface area contributed by atoms with E-state index in [4.69, 9.17) is 4.74 Å². The van der Waals surface area contributed by atoms with Crippen LogP contribution in [0.5, 0.6) is 5.88 Å². The predicted molar refractivity (Wildman–Crippen MR) is 191 cm³/mol. The van der Waals surface area contributed by atoms with Crippen molar-refractivity contribution in [2.24, 2.45) is 5.92 Å². The highest BCUT2D eigenvalue weighted by Gasteiger charge is 2.63. The van der Waals surface area contributed by atoms with Gasteiger partial charge in [0.2, 0.25) is 27.7 Å². The van der Waals surface area contributed by atoms with E-state index in [2.05, 4.69) is 20.3 Å². The number of ether oxygens (including phenoxy) is 1. The van der Waals surface area contributed by atoms with Crippen molar-refractivity contribution in [3.63, 3.8) is 0 Å². The fourth-order valence-corrected chi connectivity index (χ4v) is 8.64. The molecular formula is C38H41F4N5O6S. The van der Waals surface area contributed by atoms with Crippen LogP contribution in [-0.4, -0.2) is 71.0 Å². The third-order valence-corrected chi connectivity index (χ3v) is 13.1. The Hall–Kier alpha value is -4.73. The number of nitrogens with one attached hydrogen (secondary N) is 3. The maximum absolute atomic E-state index is 14.5. The Morgan fingerprint density at radius 1 is 1.07 bits per heavy atom. The number of halogens is 4. The van der Waals surface area contributed by atoms with Crippen LogP contribution in [-0.2, 0) is 30.6 Å². The first-order chi connectivity index (χ1) is 25.6. The molecule has 2 saturated carbocycles. The van der Waals surface area contributed by atoms with Gasteiger partial charge in [0, 0.05) is 29.6 Å². The minimum absolute atomic E-state index is 0.0397. The van der Waals surface area contributed by atoms with Gasteiger partial charge in [-0.25, -0.2) is 17.8 Å². The molecular weight excluding hydrogens is 731 g/mol. The molecule has 16 heteroatoms. The van der Waals surface area contributed by atoms with Gasteiger partial charge < -0.3 is 20.3 Å². The Morgan fingerprint density at radius 2 is 1.85 bits per heavy atom. The number of anilines is 1. The largest absolute Gasteiger partial charge is 0.472 e. The van der Waals surface area contributed by atoms with E-state index >= 15 is 0 Å². The van der Waals surface area contributed by atoms with E-state index < -0.39 is 79.7 Å². The van der Waals surface area contributed by atoms with Crippen LogP contribution >= 0.6 is 0 Å². The summed E-state index contributed by atoms with van der Waals surface area (Å²) in [6, 6.07) is 8.76. The van der Waals surface area contributed by atoms with Crippen LogP contribution in [0, 0.1) is 11.7 Å². The number of nitrogens with zero attached hydrogens (tertiary/aromatic N) is 2. The van der Waals surface area contributed by atoms with Crippen LogP contribution in [0.25, 0.3) is 10.8 Å². The molecule has 5 atom stereocenters. The van der Waals surface area contributed by atoms with Crippen molar-refractivity contribution < 1.29 is 45.1 Å². The van der Waals surface area contributed by atoms with Crippen molar-refractivity contribution in [3.8, 4) is 5.88 Å². The number of carbonyl (C=O) groups excluding carboxylic acids is 3. The fourth-order valence-electron chi connectivity index (χ4n) is 7.33. The summed E-state index contributed by atoms with van der Waals surface area (Å²) in [5.41, 5.74) is -3.07. The lowest BCUT2D eigenvalue weighted by atomic mass is 10.0. The number of hydrogen-bond donors (Lipinski definition) is 3. The number of sulfonamides is 1. The first-order valence-electron chi connectivity index (χ1n) is 18.1. The molecule has 0 spiro atoms. The number of benzene rings is 2. The zero-order valence-electron chi connectivity index (χ0n) is 29.5. The van der Waals surface area contributed by atoms with Crippen molar-refractivity contribution in [1.29, 1.82) is 0 Å². The summed E-state index contributed by atoms with van der Waals surface area (Å²) in [6.45, 7) is 1.43. The van der Waals surface area contributed by atoms with Crippen LogP contribution in [0.15, 0.2) is 66.9 Å². The normalized spacial score (nSPS) is 27.8. The average Bonchev–Trinajstić information content (AvgIpc) is 4.00. The Labute approximate surface area is 310 Å². The molecule has 288 valence electrons. The molecule has 1 aromatic heterocycles. The molecule has 2 aromatic carbocycles. The Kier molecular flexibility index (Phi) is 9.86. The lowest BCUT2D eigenvalue weighted by Gasteiger charge is -2.30. The molecule has 4 aliphatic rings. The Bertz CT molecular complexity index is 2100. The molecule has 3 N–H and O–H groups in total. The van der Waals surface area contributed by atoms with Gasteiger partial charge in [-0.15, -0.1) is 0 Å². The van der Waals surface area contributed by atoms with Gasteiger partial charge in [0.05, 0.1) is 16.9 Å². The van der Waals surface area contributed by atoms with Gasteiger partial charge in [0.15, 0.2) is 0 Å². The molecule has 1 saturated heterocycles. The quantitative estimate of drug-likeness (QED) is 0.208. The van der Waals surface area contributed by atoms with Crippen LogP contribution in [0.1, 0.15) is 70.3 Å². The molecule has 2 aliphatic heterocycles. The maximum Gasteiger partial charge on any atom is 0.416 e. The summed E-state index contributed by atoms with van der Waals surface area (Å²) in [4.78, 5) is 48.3. The molecule has 54 heavy (non-hydrogen) atoms. The minimum atomic E-state index is -4.84. The highest BCUT2D eigenvalue weighted by molar-refractivity contribution is 7.91. The summed E-state index contributed by atoms with van der Waals surface area (Å²) in [5, 5.41) is 7.17. The van der Waals surface area contributed by atoms with Crippen LogP contribution < -0.4 is 20.1 Å². The monoisotopic (exact) mass is 771 g/mol. The zero-order chi connectivity index (χ0) is 38.5. The van der Waals surface area contributed by atoms with E-state index in [1.165, 1.54) is 4.90 Å². The molecule has 2 aliphatic carbocycles. The topological polar surface area (TPSA) is 147 Å². The number of fused-ring (bicyclic) bond motifs is 3. The van der Waals surface area contributed by atoms with Gasteiger partial charge in [-0.1, -0.05) is 43.2 Å². The molecule has 11 nitrogen and oxygen atoms in total. The van der Waals surface area contributed by atoms with Crippen molar-refractivity contribution in [2.45, 2.75) is 99.4 Å². The van der Waals surface area contributed by atoms with Gasteiger partial charge in [-0.3, -0.25) is 19.1 Å². The zero-order valence-corrected chi connectivity index (χ0v) is 30.3. The summed E-state index contributed by atoms with van der Waals surface area (Å²) < 4.78 is 89.0. The van der Waals surface area contributed by atoms with Crippen molar-refractivity contribution in [3.05, 3.63) is 78.3 Å². The Morgan fingerprint density at radius 3 is 2.61 bits per heavy atom. The summed E-state index contributed by atoms with van der Waals surface area (Å²) >= 11 is 0. The highest BCUT2D eigenvalue weighted by atomic mass is 32.2. The number of aromatic nitrogens is 1. The first-order valence-corrected chi connectivity index (χ1v) is 19.6. The molecule has 3 heterocycles. The standard InChI is InChI=1S/C38H41F4N5O6S/c1-36(14-15-36)54(51,52)46-35(50)37-21-24(37)10-5-3-2-4-6-12-30(44-27-18-25(38(40,41)42)17-26(39)19-27)34(49)47-22-28(20-31(47)32(48)45-37)53-33-29-11-8-7-9-23(29)13-16-43-33/h5,7-11,13,16-19,24,28,30-31,44H,2-4,6,12,14-15,20-22H2,1H3,(H,45,48)(H,46,50)/b10-5-/t24-,28+,30-,31-,37+/m0/s1. The molecule has 0 bridgehead atoms. The minimum Gasteiger partial charge on any atom is -0.472 e. The van der Waals surface area contributed by atoms with E-state index in [-0.39, 0.29) is 37.4 Å². The lowest BCUT2D eigenvalue weighted by molar-refractivity contribution is -0.140. The van der Waals surface area contributed by atoms with E-state index in [0.29, 0.717) is 50.0 Å². The number of carbonyl (C=O) groups is 3. The summed E-state index contributed by atoms with van der Waals surface area (Å²) in [6.07, 6.45) is 3.07. The van der Waals surface area contributed by atoms with E-state index in [1.54, 1.807) is 25.3 Å². The number of pyridine rings is 1. The number of rotatable bonds is 7. The second kappa shape index (κ2) is 14.2. The van der Waals surface area contributed by atoms with E-state index in [1.807, 2.05) is 30.3 Å². The second-order valence-electron chi connectivity index (χ2n) is 15.0. The van der Waals surface area contributed by atoms with E-state index in [0.717, 1.165) is 17.5 Å². The lowest BCUT2D eigenvalue weighted by Crippen LogP contribution is -2.58. The maximum atomic E-state index is 14.5. The van der Waals surface area contributed by atoms with Gasteiger partial charge in [-0.2, -0.15) is 13.2 Å². The van der Waals surface area contributed by atoms with Gasteiger partial charge in [0.1, 0.15) is 29.5 Å². The summed E-state index contributed by atoms with van der Waals surface area (Å²) in [5.74, 6) is -3.59. The number of hydrogen-bond acceptors (Lipinski definition) is 8. The molecule has 3 aromatic rings. The average molecular weight is 772 g/mol. The Balaban J connectivity index is 1.21. The first kappa shape index (κ1) is 37.6. The van der Waals surface area contributed by atoms with Crippen molar-refractivity contribution >= 4 is 44.2 Å². The number of amides is 3. The smallest absolute Gasteiger partial charge is 0.416 e. The van der Waals surface area contributed by atoms with Crippen LogP contribution in [0.2, 0.25) is 0 Å². The van der Waals surface area contributed by atoms with E-state index in [9.17, 15) is 40.4 Å². The van der Waals surface area contributed by atoms with Gasteiger partial charge in [0.25, 0.3) is 5.91 Å². The summed E-state index contributed by atoms with van der Waals surface area (Å²) in [7, 11) is -4.04. The predicted octanol–water partition coefficient (Wildman–Crippen LogP) is 5.62. The third-order valence-electron chi connectivity index (χ3n) is 11.0. The molecule has 3 fully saturated rings. The van der Waals surface area contributed by atoms with Crippen molar-refractivity contribution in [2.75, 3.05) is 11.9 Å². The van der Waals surface area contributed by atoms with Gasteiger partial charge >= 0.3 is 6.18 Å². The molecule has 3 amide bonds. The molecule has 0 radical (unpaired) electrons. The molecule has 0 unspecified atom stereocenters. The SMILES string of the molecule is CC1(S(=O)(=O)NC(=O)[C@@]23C[C@@H]2/C=C\CCCCC[C@H](Nc2cc(F)cc(C(F)(F)F)c2)C(=O)N2C[C@H](Oc4nccc5ccccc45)C[C@H]2C(=O)N3)CC1. The highest BCUT2D eigenvalue weighted by Crippen LogP contribution is 2.47. The number of alkyl halides is 3. The fraction of sp³-hybridized carbons (Fsp3) is 0.474. The molecule has 7 rings (SSSR count). The van der Waals surface area contributed by atoms with Crippen LogP contribution in [0.4, 0.5) is 23.2 Å². The van der Waals surface area contributed by atoms with Crippen LogP contribution in [0.3, 0.4) is 0 Å².